The molecule has 1 atom stereocenters. The Kier molecular flexibility index (Phi) is 7.93. The molecule has 0 aromatic heterocycles. The molecule has 0 spiro atoms. The molecular weight excluding hydrogens is 351 g/mol. The summed E-state index contributed by atoms with van der Waals surface area (Å²) in [6.45, 7) is 17.2. The van der Waals surface area contributed by atoms with Crippen LogP contribution >= 0.6 is 0 Å². The van der Waals surface area contributed by atoms with Gasteiger partial charge in [-0.05, 0) is 30.1 Å². The van der Waals surface area contributed by atoms with E-state index in [1.165, 1.54) is 5.56 Å². The lowest BCUT2D eigenvalue weighted by Crippen LogP contribution is -2.57. The number of hydrogen-bond acceptors (Lipinski definition) is 3. The Morgan fingerprint density at radius 1 is 1.11 bits per heavy atom. The van der Waals surface area contributed by atoms with Gasteiger partial charge in [-0.2, -0.15) is 0 Å². The molecule has 0 amide bonds. The van der Waals surface area contributed by atoms with E-state index in [2.05, 4.69) is 71.5 Å². The van der Waals surface area contributed by atoms with Crippen LogP contribution in [0.4, 0.5) is 0 Å². The maximum absolute atomic E-state index is 6.79. The highest BCUT2D eigenvalue weighted by molar-refractivity contribution is 6.73. The molecule has 0 saturated carbocycles. The molecule has 1 fully saturated rings. The van der Waals surface area contributed by atoms with Gasteiger partial charge in [0.15, 0.2) is 8.32 Å². The van der Waals surface area contributed by atoms with Gasteiger partial charge in [-0.15, -0.1) is 6.58 Å². The lowest BCUT2D eigenvalue weighted by atomic mass is 9.51. The Hall–Kier alpha value is -0.878. The lowest BCUT2D eigenvalue weighted by Gasteiger charge is -2.44. The molecule has 1 aliphatic rings. The first-order chi connectivity index (χ1) is 12.9. The van der Waals surface area contributed by atoms with E-state index in [4.69, 9.17) is 13.7 Å². The average molecular weight is 388 g/mol. The van der Waals surface area contributed by atoms with Crippen molar-refractivity contribution in [1.82, 2.24) is 0 Å². The van der Waals surface area contributed by atoms with Crippen molar-refractivity contribution in [3.05, 3.63) is 48.6 Å². The van der Waals surface area contributed by atoms with Crippen LogP contribution in [0.5, 0.6) is 0 Å². The third kappa shape index (κ3) is 5.14. The largest absolute Gasteiger partial charge is 0.470 e. The van der Waals surface area contributed by atoms with Crippen molar-refractivity contribution in [3.8, 4) is 0 Å². The fourth-order valence-corrected chi connectivity index (χ4v) is 6.61. The van der Waals surface area contributed by atoms with Gasteiger partial charge in [-0.1, -0.05) is 71.0 Å². The van der Waals surface area contributed by atoms with E-state index < -0.39 is 8.32 Å². The summed E-state index contributed by atoms with van der Waals surface area (Å²) in [7, 11) is -2.04. The van der Waals surface area contributed by atoms with Crippen LogP contribution in [0.2, 0.25) is 18.1 Å². The minimum absolute atomic E-state index is 0.0444. The molecule has 150 valence electrons. The van der Waals surface area contributed by atoms with Crippen molar-refractivity contribution in [2.24, 2.45) is 5.41 Å². The molecule has 0 aliphatic carbocycles. The van der Waals surface area contributed by atoms with Crippen LogP contribution in [-0.4, -0.2) is 35.3 Å². The average Bonchev–Trinajstić information content (AvgIpc) is 2.69. The molecule has 0 bridgehead atoms. The van der Waals surface area contributed by atoms with Crippen LogP contribution in [0.1, 0.15) is 46.6 Å². The van der Waals surface area contributed by atoms with E-state index in [0.717, 1.165) is 24.6 Å². The molecule has 1 saturated heterocycles. The summed E-state index contributed by atoms with van der Waals surface area (Å²) >= 11 is 0. The Bertz CT molecular complexity index is 570. The van der Waals surface area contributed by atoms with Crippen LogP contribution in [0.25, 0.3) is 0 Å². The first kappa shape index (κ1) is 22.4. The monoisotopic (exact) mass is 388 g/mol. The van der Waals surface area contributed by atoms with Gasteiger partial charge in [0.05, 0.1) is 5.31 Å². The molecule has 1 aromatic rings. The van der Waals surface area contributed by atoms with Crippen molar-refractivity contribution in [1.29, 1.82) is 0 Å². The summed E-state index contributed by atoms with van der Waals surface area (Å²) < 4.78 is 19.4. The molecule has 1 heterocycles. The zero-order chi connectivity index (χ0) is 20.0. The lowest BCUT2D eigenvalue weighted by molar-refractivity contribution is 0.0119. The van der Waals surface area contributed by atoms with Gasteiger partial charge >= 0.3 is 7.12 Å². The van der Waals surface area contributed by atoms with Crippen molar-refractivity contribution >= 4 is 15.4 Å². The van der Waals surface area contributed by atoms with Crippen LogP contribution in [0, 0.1) is 5.41 Å². The fraction of sp³-hybridized carbons (Fsp3) is 0.636. The molecule has 0 radical (unpaired) electrons. The van der Waals surface area contributed by atoms with E-state index in [-0.39, 0.29) is 17.8 Å². The smallest absolute Gasteiger partial charge is 0.416 e. The molecular formula is C22H37BO3Si. The first-order valence-corrected chi connectivity index (χ1v) is 12.9. The van der Waals surface area contributed by atoms with E-state index in [0.29, 0.717) is 19.8 Å². The summed E-state index contributed by atoms with van der Waals surface area (Å²) in [5.41, 5.74) is 1.25. The Balaban J connectivity index is 2.38. The number of benzene rings is 1. The summed E-state index contributed by atoms with van der Waals surface area (Å²) in [6.07, 6.45) is 2.75. The highest BCUT2D eigenvalue weighted by Crippen LogP contribution is 2.38. The highest BCUT2D eigenvalue weighted by atomic mass is 28.4. The van der Waals surface area contributed by atoms with Crippen LogP contribution < -0.4 is 0 Å². The van der Waals surface area contributed by atoms with Crippen molar-refractivity contribution in [2.45, 2.75) is 64.5 Å². The van der Waals surface area contributed by atoms with Gasteiger partial charge in [0.25, 0.3) is 0 Å². The standard InChI is InChI=1S/C22H37BO3Si/c1-7-16-22(20-14-12-11-13-15-20,19-26-27(8-2,9-3)10-4)23-24-17-21(5,6)18-25-23/h7,11-15H,1,8-10,16-19H2,2-6H3/t22-/m0/s1. The second kappa shape index (κ2) is 9.55. The van der Waals surface area contributed by atoms with Gasteiger partial charge < -0.3 is 13.7 Å². The maximum atomic E-state index is 6.79. The first-order valence-electron chi connectivity index (χ1n) is 10.4. The van der Waals surface area contributed by atoms with E-state index in [1.807, 2.05) is 6.08 Å². The van der Waals surface area contributed by atoms with Crippen molar-refractivity contribution in [2.75, 3.05) is 19.8 Å². The predicted molar refractivity (Wildman–Crippen MR) is 118 cm³/mol. The number of rotatable bonds is 10. The van der Waals surface area contributed by atoms with Crippen molar-refractivity contribution < 1.29 is 13.7 Å². The second-order valence-corrected chi connectivity index (χ2v) is 13.4. The van der Waals surface area contributed by atoms with Crippen LogP contribution in [0.15, 0.2) is 43.0 Å². The molecule has 0 unspecified atom stereocenters. The minimum Gasteiger partial charge on any atom is -0.416 e. The number of hydrogen-bond donors (Lipinski definition) is 0. The third-order valence-electron chi connectivity index (χ3n) is 6.13. The molecule has 2 rings (SSSR count). The molecule has 1 aliphatic heterocycles. The third-order valence-corrected chi connectivity index (χ3v) is 10.8. The highest BCUT2D eigenvalue weighted by Gasteiger charge is 2.51. The SMILES string of the molecule is C=CC[C@@](CO[Si](CC)(CC)CC)(B1OCC(C)(C)CO1)c1ccccc1. The van der Waals surface area contributed by atoms with E-state index in [1.54, 1.807) is 0 Å². The maximum Gasteiger partial charge on any atom is 0.470 e. The molecule has 3 nitrogen and oxygen atoms in total. The summed E-state index contributed by atoms with van der Waals surface area (Å²) in [5, 5.41) is -0.364. The number of allylic oxidation sites excluding steroid dienone is 1. The molecule has 1 aromatic carbocycles. The van der Waals surface area contributed by atoms with Gasteiger partial charge in [-0.25, -0.2) is 0 Å². The Morgan fingerprint density at radius 3 is 2.15 bits per heavy atom. The summed E-state index contributed by atoms with van der Waals surface area (Å²) in [5.74, 6) is 0. The Labute approximate surface area is 167 Å². The predicted octanol–water partition coefficient (Wildman–Crippen LogP) is 5.62. The van der Waals surface area contributed by atoms with Gasteiger partial charge in [0, 0.05) is 25.2 Å². The van der Waals surface area contributed by atoms with E-state index >= 15 is 0 Å². The minimum atomic E-state index is -1.73. The zero-order valence-corrected chi connectivity index (χ0v) is 18.9. The van der Waals surface area contributed by atoms with E-state index in [9.17, 15) is 0 Å². The van der Waals surface area contributed by atoms with Gasteiger partial charge in [-0.3, -0.25) is 0 Å². The second-order valence-electron chi connectivity index (χ2n) is 8.67. The molecule has 27 heavy (non-hydrogen) atoms. The van der Waals surface area contributed by atoms with Crippen LogP contribution in [-0.2, 0) is 19.0 Å². The fourth-order valence-electron chi connectivity index (χ4n) is 3.94. The van der Waals surface area contributed by atoms with Crippen molar-refractivity contribution in [3.63, 3.8) is 0 Å². The molecule has 0 N–H and O–H groups in total. The van der Waals surface area contributed by atoms with Crippen LogP contribution in [0.3, 0.4) is 0 Å². The Morgan fingerprint density at radius 2 is 1.67 bits per heavy atom. The van der Waals surface area contributed by atoms with Gasteiger partial charge in [0.2, 0.25) is 0 Å². The summed E-state index contributed by atoms with van der Waals surface area (Å²) in [6, 6.07) is 14.0. The summed E-state index contributed by atoms with van der Waals surface area (Å²) in [4.78, 5) is 0. The zero-order valence-electron chi connectivity index (χ0n) is 17.9. The molecule has 5 heteroatoms. The quantitative estimate of drug-likeness (QED) is 0.384. The topological polar surface area (TPSA) is 27.7 Å². The normalized spacial score (nSPS) is 19.5. The van der Waals surface area contributed by atoms with Gasteiger partial charge in [0.1, 0.15) is 0 Å².